The molecule has 0 radical (unpaired) electrons. The van der Waals surface area contributed by atoms with Gasteiger partial charge in [-0.1, -0.05) is 12.1 Å². The molecule has 2 aromatic rings. The third-order valence-corrected chi connectivity index (χ3v) is 3.03. The van der Waals surface area contributed by atoms with Crippen LogP contribution >= 0.6 is 0 Å². The van der Waals surface area contributed by atoms with Gasteiger partial charge in [0.2, 0.25) is 5.88 Å². The van der Waals surface area contributed by atoms with Crippen molar-refractivity contribution >= 4 is 17.5 Å². The van der Waals surface area contributed by atoms with Crippen LogP contribution in [0.15, 0.2) is 42.6 Å². The Morgan fingerprint density at radius 1 is 1.12 bits per heavy atom. The Hall–Kier alpha value is -3.10. The minimum Gasteiger partial charge on any atom is -0.468 e. The maximum absolute atomic E-state index is 12.2. The molecule has 0 atom stereocenters. The molecule has 1 heterocycles. The standard InChI is InChI=1S/C16H14F3N3O3/c1-20-15(24)11-4-2-3-5-12(11)22-14(23)10-6-7-13(21-8-10)25-9-16(17,18)19/h2-8H,9H2,1H3,(H,20,24)(H,22,23). The number of ether oxygens (including phenoxy) is 1. The third kappa shape index (κ3) is 5.20. The lowest BCUT2D eigenvalue weighted by molar-refractivity contribution is -0.154. The van der Waals surface area contributed by atoms with Crippen molar-refractivity contribution in [1.29, 1.82) is 0 Å². The molecule has 25 heavy (non-hydrogen) atoms. The molecule has 9 heteroatoms. The van der Waals surface area contributed by atoms with Crippen molar-refractivity contribution in [2.75, 3.05) is 19.0 Å². The van der Waals surface area contributed by atoms with Gasteiger partial charge < -0.3 is 15.4 Å². The van der Waals surface area contributed by atoms with E-state index in [2.05, 4.69) is 20.4 Å². The number of para-hydroxylation sites is 1. The molecule has 2 rings (SSSR count). The highest BCUT2D eigenvalue weighted by atomic mass is 19.4. The van der Waals surface area contributed by atoms with Gasteiger partial charge in [-0.15, -0.1) is 0 Å². The highest BCUT2D eigenvalue weighted by molar-refractivity contribution is 6.08. The Labute approximate surface area is 141 Å². The molecule has 132 valence electrons. The highest BCUT2D eigenvalue weighted by Gasteiger charge is 2.28. The van der Waals surface area contributed by atoms with E-state index in [0.717, 1.165) is 12.3 Å². The number of alkyl halides is 3. The SMILES string of the molecule is CNC(=O)c1ccccc1NC(=O)c1ccc(OCC(F)(F)F)nc1. The van der Waals surface area contributed by atoms with Gasteiger partial charge in [0.15, 0.2) is 6.61 Å². The Balaban J connectivity index is 2.08. The molecule has 0 saturated heterocycles. The minimum atomic E-state index is -4.47. The predicted octanol–water partition coefficient (Wildman–Crippen LogP) is 2.63. The lowest BCUT2D eigenvalue weighted by Crippen LogP contribution is -2.21. The molecule has 0 aliphatic rings. The van der Waals surface area contributed by atoms with Crippen molar-refractivity contribution in [1.82, 2.24) is 10.3 Å². The Bertz CT molecular complexity index is 761. The van der Waals surface area contributed by atoms with E-state index in [9.17, 15) is 22.8 Å². The topological polar surface area (TPSA) is 80.3 Å². The van der Waals surface area contributed by atoms with Gasteiger partial charge in [0.1, 0.15) is 0 Å². The van der Waals surface area contributed by atoms with Crippen LogP contribution in [0.5, 0.6) is 5.88 Å². The molecule has 0 bridgehead atoms. The molecule has 2 N–H and O–H groups in total. The van der Waals surface area contributed by atoms with Crippen molar-refractivity contribution in [2.45, 2.75) is 6.18 Å². The number of carbonyl (C=O) groups excluding carboxylic acids is 2. The fraction of sp³-hybridized carbons (Fsp3) is 0.188. The van der Waals surface area contributed by atoms with Crippen molar-refractivity contribution in [2.24, 2.45) is 0 Å². The second kappa shape index (κ2) is 7.65. The summed E-state index contributed by atoms with van der Waals surface area (Å²) >= 11 is 0. The zero-order valence-corrected chi connectivity index (χ0v) is 13.1. The number of aromatic nitrogens is 1. The fourth-order valence-corrected chi connectivity index (χ4v) is 1.88. The van der Waals surface area contributed by atoms with Crippen molar-refractivity contribution in [3.8, 4) is 5.88 Å². The van der Waals surface area contributed by atoms with Gasteiger partial charge >= 0.3 is 6.18 Å². The Kier molecular flexibility index (Phi) is 5.58. The molecular weight excluding hydrogens is 339 g/mol. The molecule has 0 spiro atoms. The van der Waals surface area contributed by atoms with Gasteiger partial charge in [0.25, 0.3) is 11.8 Å². The fourth-order valence-electron chi connectivity index (χ4n) is 1.88. The van der Waals surface area contributed by atoms with Crippen LogP contribution in [0.4, 0.5) is 18.9 Å². The van der Waals surface area contributed by atoms with Gasteiger partial charge in [0, 0.05) is 19.3 Å². The summed E-state index contributed by atoms with van der Waals surface area (Å²) in [4.78, 5) is 27.6. The molecule has 6 nitrogen and oxygen atoms in total. The molecular formula is C16H14F3N3O3. The van der Waals surface area contributed by atoms with E-state index in [1.807, 2.05) is 0 Å². The van der Waals surface area contributed by atoms with Gasteiger partial charge in [0.05, 0.1) is 16.8 Å². The van der Waals surface area contributed by atoms with E-state index in [4.69, 9.17) is 0 Å². The van der Waals surface area contributed by atoms with Gasteiger partial charge in [-0.3, -0.25) is 9.59 Å². The van der Waals surface area contributed by atoms with Crippen LogP contribution in [0.1, 0.15) is 20.7 Å². The predicted molar refractivity (Wildman–Crippen MR) is 83.6 cm³/mol. The van der Waals surface area contributed by atoms with E-state index >= 15 is 0 Å². The van der Waals surface area contributed by atoms with E-state index in [0.29, 0.717) is 5.69 Å². The van der Waals surface area contributed by atoms with Crippen LogP contribution < -0.4 is 15.4 Å². The molecule has 1 aromatic heterocycles. The first-order valence-corrected chi connectivity index (χ1v) is 7.08. The number of nitrogens with zero attached hydrogens (tertiary/aromatic N) is 1. The zero-order valence-electron chi connectivity index (χ0n) is 13.1. The summed E-state index contributed by atoms with van der Waals surface area (Å²) in [6.07, 6.45) is -3.38. The molecule has 0 aliphatic heterocycles. The second-order valence-electron chi connectivity index (χ2n) is 4.87. The number of benzene rings is 1. The first-order chi connectivity index (χ1) is 11.8. The normalized spacial score (nSPS) is 10.9. The highest BCUT2D eigenvalue weighted by Crippen LogP contribution is 2.18. The smallest absolute Gasteiger partial charge is 0.422 e. The largest absolute Gasteiger partial charge is 0.468 e. The molecule has 0 saturated carbocycles. The van der Waals surface area contributed by atoms with E-state index in [1.54, 1.807) is 24.3 Å². The van der Waals surface area contributed by atoms with Crippen LogP contribution in [0.25, 0.3) is 0 Å². The summed E-state index contributed by atoms with van der Waals surface area (Å²) in [7, 11) is 1.46. The number of carbonyl (C=O) groups is 2. The quantitative estimate of drug-likeness (QED) is 0.866. The first kappa shape index (κ1) is 18.2. The molecule has 1 aromatic carbocycles. The average molecular weight is 353 g/mol. The number of rotatable bonds is 5. The van der Waals surface area contributed by atoms with Crippen LogP contribution in [-0.4, -0.2) is 36.6 Å². The van der Waals surface area contributed by atoms with Gasteiger partial charge in [-0.05, 0) is 18.2 Å². The summed E-state index contributed by atoms with van der Waals surface area (Å²) < 4.78 is 40.7. The van der Waals surface area contributed by atoms with Crippen molar-refractivity contribution < 1.29 is 27.5 Å². The van der Waals surface area contributed by atoms with Crippen LogP contribution in [-0.2, 0) is 0 Å². The number of halogens is 3. The maximum atomic E-state index is 12.2. The number of anilines is 1. The number of hydrogen-bond acceptors (Lipinski definition) is 4. The second-order valence-corrected chi connectivity index (χ2v) is 4.87. The number of amides is 2. The van der Waals surface area contributed by atoms with Crippen LogP contribution in [0.2, 0.25) is 0 Å². The van der Waals surface area contributed by atoms with Crippen molar-refractivity contribution in [3.05, 3.63) is 53.7 Å². The lowest BCUT2D eigenvalue weighted by Gasteiger charge is -2.11. The monoisotopic (exact) mass is 353 g/mol. The van der Waals surface area contributed by atoms with Gasteiger partial charge in [-0.25, -0.2) is 4.98 Å². The summed E-state index contributed by atoms with van der Waals surface area (Å²) in [5.74, 6) is -1.18. The van der Waals surface area contributed by atoms with Crippen LogP contribution in [0.3, 0.4) is 0 Å². The lowest BCUT2D eigenvalue weighted by atomic mass is 10.1. The third-order valence-electron chi connectivity index (χ3n) is 3.03. The number of pyridine rings is 1. The van der Waals surface area contributed by atoms with E-state index in [1.165, 1.54) is 13.1 Å². The minimum absolute atomic E-state index is 0.103. The molecule has 0 unspecified atom stereocenters. The Morgan fingerprint density at radius 2 is 1.84 bits per heavy atom. The summed E-state index contributed by atoms with van der Waals surface area (Å²) in [6, 6.07) is 8.82. The van der Waals surface area contributed by atoms with E-state index in [-0.39, 0.29) is 22.9 Å². The van der Waals surface area contributed by atoms with Crippen LogP contribution in [0, 0.1) is 0 Å². The molecule has 0 fully saturated rings. The average Bonchev–Trinajstić information content (AvgIpc) is 2.59. The summed E-state index contributed by atoms with van der Waals surface area (Å²) in [5.41, 5.74) is 0.673. The van der Waals surface area contributed by atoms with E-state index < -0.39 is 18.7 Å². The van der Waals surface area contributed by atoms with Crippen molar-refractivity contribution in [3.63, 3.8) is 0 Å². The Morgan fingerprint density at radius 3 is 2.44 bits per heavy atom. The molecule has 2 amide bonds. The summed E-state index contributed by atoms with van der Waals surface area (Å²) in [6.45, 7) is -1.47. The zero-order chi connectivity index (χ0) is 18.4. The maximum Gasteiger partial charge on any atom is 0.422 e. The number of nitrogens with one attached hydrogen (secondary N) is 2. The summed E-state index contributed by atoms with van der Waals surface area (Å²) in [5, 5.41) is 5.01. The van der Waals surface area contributed by atoms with Gasteiger partial charge in [-0.2, -0.15) is 13.2 Å². The first-order valence-electron chi connectivity index (χ1n) is 7.08. The number of hydrogen-bond donors (Lipinski definition) is 2. The molecule has 0 aliphatic carbocycles.